The van der Waals surface area contributed by atoms with Crippen molar-refractivity contribution in [2.45, 2.75) is 13.0 Å². The number of hydrogen-bond donors (Lipinski definition) is 3. The summed E-state index contributed by atoms with van der Waals surface area (Å²) in [5.74, 6) is 0. The predicted octanol–water partition coefficient (Wildman–Crippen LogP) is 6.95. The minimum absolute atomic E-state index is 0.400. The lowest BCUT2D eigenvalue weighted by atomic mass is 10.1. The molecule has 0 spiro atoms. The van der Waals surface area contributed by atoms with Crippen LogP contribution in [0.25, 0.3) is 0 Å². The summed E-state index contributed by atoms with van der Waals surface area (Å²) in [5, 5.41) is 9.26. The van der Waals surface area contributed by atoms with Crippen LogP contribution in [0.2, 0.25) is 10.0 Å². The molecule has 0 aliphatic carbocycles. The zero-order chi connectivity index (χ0) is 21.5. The molecule has 0 saturated carbocycles. The highest BCUT2D eigenvalue weighted by atomic mass is 35.5. The van der Waals surface area contributed by atoms with Gasteiger partial charge in [-0.1, -0.05) is 35.3 Å². The van der Waals surface area contributed by atoms with Gasteiger partial charge in [0.1, 0.15) is 6.10 Å². The highest BCUT2D eigenvalue weighted by molar-refractivity contribution is 6.31. The number of halogens is 2. The topological polar surface area (TPSA) is 79.5 Å². The van der Waals surface area contributed by atoms with Crippen molar-refractivity contribution in [1.29, 1.82) is 0 Å². The smallest absolute Gasteiger partial charge is 0.412 e. The summed E-state index contributed by atoms with van der Waals surface area (Å²) in [7, 11) is 0. The largest absolute Gasteiger partial charge is 0.441 e. The van der Waals surface area contributed by atoms with Crippen LogP contribution in [0.4, 0.5) is 26.7 Å². The maximum atomic E-state index is 12.2. The van der Waals surface area contributed by atoms with Crippen LogP contribution in [-0.2, 0) is 4.74 Å². The molecule has 0 aromatic heterocycles. The fraction of sp³-hybridized carbons (Fsp3) is 0.0909. The Kier molecular flexibility index (Phi) is 7.17. The van der Waals surface area contributed by atoms with Crippen LogP contribution in [0, 0.1) is 0 Å². The second kappa shape index (κ2) is 10.0. The Labute approximate surface area is 184 Å². The zero-order valence-electron chi connectivity index (χ0n) is 16.0. The van der Waals surface area contributed by atoms with Crippen LogP contribution in [0.5, 0.6) is 0 Å². The van der Waals surface area contributed by atoms with Gasteiger partial charge in [-0.05, 0) is 73.2 Å². The van der Waals surface area contributed by atoms with Crippen LogP contribution in [0.1, 0.15) is 18.6 Å². The van der Waals surface area contributed by atoms with Gasteiger partial charge in [-0.25, -0.2) is 9.59 Å². The third-order valence-electron chi connectivity index (χ3n) is 4.09. The molecule has 3 aromatic rings. The number of amides is 3. The molecule has 0 unspecified atom stereocenters. The summed E-state index contributed by atoms with van der Waals surface area (Å²) in [5.41, 5.74) is 2.48. The number of ether oxygens (including phenoxy) is 1. The fourth-order valence-corrected chi connectivity index (χ4v) is 2.86. The van der Waals surface area contributed by atoms with Crippen molar-refractivity contribution < 1.29 is 14.3 Å². The summed E-state index contributed by atoms with van der Waals surface area (Å²) < 4.78 is 5.41. The molecule has 0 heterocycles. The van der Waals surface area contributed by atoms with Crippen LogP contribution in [0.15, 0.2) is 72.8 Å². The average molecular weight is 444 g/mol. The Bertz CT molecular complexity index is 1020. The minimum Gasteiger partial charge on any atom is -0.441 e. The van der Waals surface area contributed by atoms with Gasteiger partial charge in [0.05, 0.1) is 0 Å². The van der Waals surface area contributed by atoms with E-state index in [1.54, 1.807) is 73.7 Å². The number of carbonyl (C=O) groups excluding carboxylic acids is 2. The van der Waals surface area contributed by atoms with E-state index in [-0.39, 0.29) is 0 Å². The summed E-state index contributed by atoms with van der Waals surface area (Å²) in [6.45, 7) is 1.74. The predicted molar refractivity (Wildman–Crippen MR) is 121 cm³/mol. The van der Waals surface area contributed by atoms with Crippen LogP contribution in [0.3, 0.4) is 0 Å². The minimum atomic E-state index is -0.594. The number of carbonyl (C=O) groups is 2. The second-order valence-electron chi connectivity index (χ2n) is 6.39. The fourth-order valence-electron chi connectivity index (χ4n) is 2.61. The third kappa shape index (κ3) is 6.40. The van der Waals surface area contributed by atoms with Crippen molar-refractivity contribution in [3.63, 3.8) is 0 Å². The van der Waals surface area contributed by atoms with Gasteiger partial charge in [0, 0.05) is 27.1 Å². The summed E-state index contributed by atoms with van der Waals surface area (Å²) in [6.07, 6.45) is -1.12. The highest BCUT2D eigenvalue weighted by Crippen LogP contribution is 2.22. The van der Waals surface area contributed by atoms with Gasteiger partial charge in [0.25, 0.3) is 0 Å². The third-order valence-corrected chi connectivity index (χ3v) is 4.59. The first-order valence-corrected chi connectivity index (χ1v) is 9.81. The number of rotatable bonds is 5. The van der Waals surface area contributed by atoms with Gasteiger partial charge in [0.15, 0.2) is 0 Å². The van der Waals surface area contributed by atoms with E-state index >= 15 is 0 Å². The van der Waals surface area contributed by atoms with E-state index in [1.807, 2.05) is 6.07 Å². The molecule has 3 amide bonds. The molecule has 30 heavy (non-hydrogen) atoms. The quantitative estimate of drug-likeness (QED) is 0.399. The molecule has 0 aliphatic rings. The Hall–Kier alpha value is -3.22. The Balaban J connectivity index is 1.56. The molecule has 3 N–H and O–H groups in total. The van der Waals surface area contributed by atoms with Crippen LogP contribution < -0.4 is 16.0 Å². The van der Waals surface area contributed by atoms with Crippen molar-refractivity contribution >= 4 is 52.4 Å². The standard InChI is InChI=1S/C22H19Cl2N3O3/c1-14(30-22(29)27-19-11-7-17(24)8-12-19)15-3-2-4-20(13-15)26-21(28)25-18-9-5-16(23)6-10-18/h2-14H,1H3,(H,27,29)(H2,25,26,28)/t14-/m1/s1. The van der Waals surface area contributed by atoms with Crippen molar-refractivity contribution in [3.8, 4) is 0 Å². The Morgan fingerprint density at radius 3 is 1.90 bits per heavy atom. The first kappa shape index (κ1) is 21.5. The second-order valence-corrected chi connectivity index (χ2v) is 7.26. The van der Waals surface area contributed by atoms with Gasteiger partial charge in [-0.3, -0.25) is 5.32 Å². The lowest BCUT2D eigenvalue weighted by Crippen LogP contribution is -2.19. The van der Waals surface area contributed by atoms with Crippen LogP contribution in [-0.4, -0.2) is 12.1 Å². The van der Waals surface area contributed by atoms with E-state index in [0.717, 1.165) is 5.56 Å². The zero-order valence-corrected chi connectivity index (χ0v) is 17.5. The highest BCUT2D eigenvalue weighted by Gasteiger charge is 2.13. The van der Waals surface area contributed by atoms with Gasteiger partial charge in [0.2, 0.25) is 0 Å². The number of nitrogens with one attached hydrogen (secondary N) is 3. The first-order chi connectivity index (χ1) is 14.4. The summed E-state index contributed by atoms with van der Waals surface area (Å²) >= 11 is 11.7. The molecule has 0 bridgehead atoms. The molecular formula is C22H19Cl2N3O3. The van der Waals surface area contributed by atoms with Gasteiger partial charge in [-0.15, -0.1) is 0 Å². The molecule has 0 saturated heterocycles. The maximum absolute atomic E-state index is 12.2. The Morgan fingerprint density at radius 1 is 0.767 bits per heavy atom. The molecule has 6 nitrogen and oxygen atoms in total. The van der Waals surface area contributed by atoms with Crippen LogP contribution >= 0.6 is 23.2 Å². The monoisotopic (exact) mass is 443 g/mol. The molecule has 3 aromatic carbocycles. The number of hydrogen-bond acceptors (Lipinski definition) is 3. The average Bonchev–Trinajstić information content (AvgIpc) is 2.71. The van der Waals surface area contributed by atoms with E-state index < -0.39 is 18.2 Å². The molecule has 3 rings (SSSR count). The molecule has 8 heteroatoms. The van der Waals surface area contributed by atoms with Gasteiger partial charge in [-0.2, -0.15) is 0 Å². The molecule has 0 radical (unpaired) electrons. The number of urea groups is 1. The summed E-state index contributed by atoms with van der Waals surface area (Å²) in [4.78, 5) is 24.3. The first-order valence-electron chi connectivity index (χ1n) is 9.06. The lowest BCUT2D eigenvalue weighted by molar-refractivity contribution is 0.121. The summed E-state index contributed by atoms with van der Waals surface area (Å²) in [6, 6.07) is 20.1. The van der Waals surface area contributed by atoms with Crippen molar-refractivity contribution in [2.75, 3.05) is 16.0 Å². The van der Waals surface area contributed by atoms with Gasteiger partial charge >= 0.3 is 12.1 Å². The van der Waals surface area contributed by atoms with Crippen molar-refractivity contribution in [3.05, 3.63) is 88.4 Å². The van der Waals surface area contributed by atoms with E-state index in [9.17, 15) is 9.59 Å². The molecule has 154 valence electrons. The normalized spacial score (nSPS) is 11.3. The van der Waals surface area contributed by atoms with E-state index in [4.69, 9.17) is 27.9 Å². The van der Waals surface area contributed by atoms with Crippen molar-refractivity contribution in [2.24, 2.45) is 0 Å². The van der Waals surface area contributed by atoms with E-state index in [1.165, 1.54) is 0 Å². The lowest BCUT2D eigenvalue weighted by Gasteiger charge is -2.16. The number of benzene rings is 3. The van der Waals surface area contributed by atoms with E-state index in [2.05, 4.69) is 16.0 Å². The molecular weight excluding hydrogens is 425 g/mol. The van der Waals surface area contributed by atoms with E-state index in [0.29, 0.717) is 27.1 Å². The molecule has 0 aliphatic heterocycles. The maximum Gasteiger partial charge on any atom is 0.412 e. The van der Waals surface area contributed by atoms with Crippen molar-refractivity contribution in [1.82, 2.24) is 0 Å². The molecule has 1 atom stereocenters. The molecule has 0 fully saturated rings. The van der Waals surface area contributed by atoms with Gasteiger partial charge < -0.3 is 15.4 Å². The SMILES string of the molecule is C[C@@H](OC(=O)Nc1ccc(Cl)cc1)c1cccc(NC(=O)Nc2ccc(Cl)cc2)c1. The Morgan fingerprint density at radius 2 is 1.30 bits per heavy atom. The number of anilines is 3.